The molecule has 0 saturated heterocycles. The lowest BCUT2D eigenvalue weighted by molar-refractivity contribution is 0.102. The molecule has 0 saturated carbocycles. The van der Waals surface area contributed by atoms with Gasteiger partial charge in [-0.3, -0.25) is 4.79 Å². The molecule has 166 valence electrons. The zero-order valence-corrected chi connectivity index (χ0v) is 19.0. The van der Waals surface area contributed by atoms with E-state index >= 15 is 0 Å². The Morgan fingerprint density at radius 2 is 1.88 bits per heavy atom. The molecule has 2 aromatic carbocycles. The number of aromatic nitrogens is 3. The normalized spacial score (nSPS) is 11.0. The van der Waals surface area contributed by atoms with Crippen LogP contribution in [-0.4, -0.2) is 34.9 Å². The number of hydrogen-bond donors (Lipinski definition) is 1. The number of carbonyl (C=O) groups is 1. The number of hydrogen-bond acceptors (Lipinski definition) is 7. The van der Waals surface area contributed by atoms with Gasteiger partial charge in [-0.2, -0.15) is 9.78 Å². The first-order chi connectivity index (χ1) is 16.1. The molecule has 0 aliphatic rings. The highest BCUT2D eigenvalue weighted by molar-refractivity contribution is 7.12. The van der Waals surface area contributed by atoms with Gasteiger partial charge < -0.3 is 19.2 Å². The molecule has 1 N–H and O–H groups in total. The Bertz CT molecular complexity index is 1430. The summed E-state index contributed by atoms with van der Waals surface area (Å²) < 4.78 is 18.1. The van der Waals surface area contributed by atoms with Gasteiger partial charge in [0.15, 0.2) is 17.3 Å². The number of furan rings is 1. The zero-order valence-electron chi connectivity index (χ0n) is 18.2. The van der Waals surface area contributed by atoms with Gasteiger partial charge in [-0.15, -0.1) is 11.3 Å². The van der Waals surface area contributed by atoms with Crippen LogP contribution >= 0.6 is 11.3 Å². The van der Waals surface area contributed by atoms with Gasteiger partial charge in [-0.25, -0.2) is 4.98 Å². The summed E-state index contributed by atoms with van der Waals surface area (Å²) >= 11 is 1.41. The number of rotatable bonds is 6. The van der Waals surface area contributed by atoms with Gasteiger partial charge in [-0.1, -0.05) is 18.2 Å². The number of amides is 1. The van der Waals surface area contributed by atoms with Crippen LogP contribution in [0.1, 0.15) is 16.1 Å². The van der Waals surface area contributed by atoms with E-state index in [4.69, 9.17) is 13.9 Å². The number of nitrogens with zero attached hydrogens (tertiary/aromatic N) is 3. The van der Waals surface area contributed by atoms with E-state index in [0.717, 1.165) is 16.7 Å². The van der Waals surface area contributed by atoms with Gasteiger partial charge in [0.25, 0.3) is 5.91 Å². The molecule has 0 spiro atoms. The predicted octanol–water partition coefficient (Wildman–Crippen LogP) is 5.32. The summed E-state index contributed by atoms with van der Waals surface area (Å²) in [7, 11) is 3.08. The molecule has 33 heavy (non-hydrogen) atoms. The van der Waals surface area contributed by atoms with Crippen LogP contribution in [0.3, 0.4) is 0 Å². The van der Waals surface area contributed by atoms with Crippen LogP contribution in [0.4, 0.5) is 5.82 Å². The summed E-state index contributed by atoms with van der Waals surface area (Å²) in [6.07, 6.45) is 0. The van der Waals surface area contributed by atoms with Crippen molar-refractivity contribution in [3.63, 3.8) is 0 Å². The predicted molar refractivity (Wildman–Crippen MR) is 127 cm³/mol. The number of aryl methyl sites for hydroxylation is 1. The van der Waals surface area contributed by atoms with Crippen LogP contribution in [0, 0.1) is 6.92 Å². The molecule has 3 heterocycles. The topological polar surface area (TPSA) is 91.4 Å². The van der Waals surface area contributed by atoms with Crippen LogP contribution in [0.2, 0.25) is 0 Å². The van der Waals surface area contributed by atoms with E-state index in [9.17, 15) is 4.79 Å². The molecule has 0 bridgehead atoms. The van der Waals surface area contributed by atoms with Crippen LogP contribution in [0.15, 0.2) is 64.4 Å². The number of ether oxygens (including phenoxy) is 2. The Kier molecular flexibility index (Phi) is 5.31. The van der Waals surface area contributed by atoms with E-state index < -0.39 is 0 Å². The van der Waals surface area contributed by atoms with Gasteiger partial charge in [0.05, 0.1) is 19.9 Å². The summed E-state index contributed by atoms with van der Waals surface area (Å²) in [6, 6.07) is 16.6. The lowest BCUT2D eigenvalue weighted by Gasteiger charge is -2.10. The average molecular weight is 461 g/mol. The Morgan fingerprint density at radius 1 is 1.06 bits per heavy atom. The number of methoxy groups -OCH3 is 2. The van der Waals surface area contributed by atoms with E-state index in [2.05, 4.69) is 15.4 Å². The number of para-hydroxylation sites is 1. The molecular formula is C24H20N4O4S. The van der Waals surface area contributed by atoms with Crippen molar-refractivity contribution in [1.82, 2.24) is 14.8 Å². The van der Waals surface area contributed by atoms with Crippen LogP contribution in [-0.2, 0) is 0 Å². The summed E-state index contributed by atoms with van der Waals surface area (Å²) in [5.74, 6) is 1.92. The van der Waals surface area contributed by atoms with E-state index in [-0.39, 0.29) is 5.91 Å². The van der Waals surface area contributed by atoms with Gasteiger partial charge in [0.2, 0.25) is 5.13 Å². The third kappa shape index (κ3) is 3.94. The SMILES string of the molecule is COc1ccc(C(=O)Nc2cc(C)nn2-c2nc(-c3cc4ccccc4o3)cs2)cc1OC. The number of anilines is 1. The highest BCUT2D eigenvalue weighted by Crippen LogP contribution is 2.31. The molecule has 1 amide bonds. The quantitative estimate of drug-likeness (QED) is 0.369. The maximum Gasteiger partial charge on any atom is 0.256 e. The highest BCUT2D eigenvalue weighted by atomic mass is 32.1. The van der Waals surface area contributed by atoms with Crippen molar-refractivity contribution in [3.8, 4) is 28.1 Å². The Hall–Kier alpha value is -4.11. The Morgan fingerprint density at radius 3 is 2.67 bits per heavy atom. The van der Waals surface area contributed by atoms with E-state index in [1.54, 1.807) is 36.1 Å². The molecule has 0 unspecified atom stereocenters. The average Bonchev–Trinajstić information content (AvgIpc) is 3.56. The van der Waals surface area contributed by atoms with Crippen LogP contribution in [0.25, 0.3) is 27.6 Å². The second kappa shape index (κ2) is 8.44. The lowest BCUT2D eigenvalue weighted by Crippen LogP contribution is -2.15. The molecule has 0 aliphatic heterocycles. The highest BCUT2D eigenvalue weighted by Gasteiger charge is 2.18. The van der Waals surface area contributed by atoms with Crippen molar-refractivity contribution in [2.75, 3.05) is 19.5 Å². The molecule has 0 atom stereocenters. The molecule has 0 radical (unpaired) electrons. The molecule has 8 nitrogen and oxygen atoms in total. The van der Waals surface area contributed by atoms with Crippen molar-refractivity contribution in [3.05, 3.63) is 71.2 Å². The van der Waals surface area contributed by atoms with Crippen molar-refractivity contribution in [2.24, 2.45) is 0 Å². The Balaban J connectivity index is 1.43. The molecule has 9 heteroatoms. The summed E-state index contributed by atoms with van der Waals surface area (Å²) in [6.45, 7) is 1.86. The summed E-state index contributed by atoms with van der Waals surface area (Å²) in [5, 5.41) is 11.0. The maximum atomic E-state index is 12.9. The summed E-state index contributed by atoms with van der Waals surface area (Å²) in [4.78, 5) is 17.6. The third-order valence-corrected chi connectivity index (χ3v) is 5.89. The molecule has 0 aliphatic carbocycles. The van der Waals surface area contributed by atoms with Crippen molar-refractivity contribution >= 4 is 34.0 Å². The second-order valence-corrected chi connectivity index (χ2v) is 8.11. The fraction of sp³-hybridized carbons (Fsp3) is 0.125. The smallest absolute Gasteiger partial charge is 0.256 e. The number of thiazole rings is 1. The number of carbonyl (C=O) groups excluding carboxylic acids is 1. The first-order valence-corrected chi connectivity index (χ1v) is 11.0. The van der Waals surface area contributed by atoms with E-state index in [1.165, 1.54) is 18.4 Å². The molecule has 5 aromatic rings. The summed E-state index contributed by atoms with van der Waals surface area (Å²) in [5.41, 5.74) is 2.69. The fourth-order valence-electron chi connectivity index (χ4n) is 3.48. The molecular weight excluding hydrogens is 440 g/mol. The minimum absolute atomic E-state index is 0.300. The third-order valence-electron chi connectivity index (χ3n) is 5.07. The van der Waals surface area contributed by atoms with Crippen LogP contribution < -0.4 is 14.8 Å². The first-order valence-electron chi connectivity index (χ1n) is 10.1. The first kappa shape index (κ1) is 20.8. The van der Waals surface area contributed by atoms with Crippen molar-refractivity contribution in [1.29, 1.82) is 0 Å². The van der Waals surface area contributed by atoms with E-state index in [0.29, 0.717) is 39.5 Å². The number of benzene rings is 2. The molecule has 5 rings (SSSR count). The largest absolute Gasteiger partial charge is 0.493 e. The second-order valence-electron chi connectivity index (χ2n) is 7.27. The monoisotopic (exact) mass is 460 g/mol. The number of nitrogens with one attached hydrogen (secondary N) is 1. The minimum Gasteiger partial charge on any atom is -0.493 e. The zero-order chi connectivity index (χ0) is 22.9. The molecule has 3 aromatic heterocycles. The van der Waals surface area contributed by atoms with Gasteiger partial charge in [0.1, 0.15) is 17.1 Å². The Labute approximate surface area is 193 Å². The van der Waals surface area contributed by atoms with Crippen molar-refractivity contribution < 1.29 is 18.7 Å². The van der Waals surface area contributed by atoms with Crippen molar-refractivity contribution in [2.45, 2.75) is 6.92 Å². The van der Waals surface area contributed by atoms with Gasteiger partial charge in [0, 0.05) is 22.4 Å². The molecule has 0 fully saturated rings. The van der Waals surface area contributed by atoms with E-state index in [1.807, 2.05) is 42.6 Å². The lowest BCUT2D eigenvalue weighted by atomic mass is 10.2. The van der Waals surface area contributed by atoms with Crippen LogP contribution in [0.5, 0.6) is 11.5 Å². The minimum atomic E-state index is -0.300. The number of fused-ring (bicyclic) bond motifs is 1. The van der Waals surface area contributed by atoms with Gasteiger partial charge in [-0.05, 0) is 37.3 Å². The maximum absolute atomic E-state index is 12.9. The van der Waals surface area contributed by atoms with Gasteiger partial charge >= 0.3 is 0 Å². The standard InChI is InChI=1S/C24H20N4O4S/c1-14-10-22(26-23(29)16-8-9-19(30-2)21(12-16)31-3)28(27-14)24-25-17(13-33-24)20-11-15-6-4-5-7-18(15)32-20/h4-13H,1-3H3,(H,26,29). The fourth-order valence-corrected chi connectivity index (χ4v) is 4.26.